The maximum absolute atomic E-state index is 11.9. The van der Waals surface area contributed by atoms with Crippen LogP contribution in [0.25, 0.3) is 0 Å². The predicted octanol–water partition coefficient (Wildman–Crippen LogP) is 3.07. The Balaban J connectivity index is 2.50. The fourth-order valence-corrected chi connectivity index (χ4v) is 1.78. The largest absolute Gasteiger partial charge is 0.385 e. The number of hydrogen-bond donors (Lipinski definition) is 2. The van der Waals surface area contributed by atoms with Crippen molar-refractivity contribution in [2.45, 2.75) is 27.2 Å². The summed E-state index contributed by atoms with van der Waals surface area (Å²) in [4.78, 5) is 23.2. The number of carbonyl (C=O) groups is 2. The van der Waals surface area contributed by atoms with E-state index < -0.39 is 0 Å². The highest BCUT2D eigenvalue weighted by molar-refractivity contribution is 5.96. The lowest BCUT2D eigenvalue weighted by molar-refractivity contribution is 0.101. The van der Waals surface area contributed by atoms with Gasteiger partial charge in [0, 0.05) is 31.5 Å². The topological polar surface area (TPSA) is 67.4 Å². The van der Waals surface area contributed by atoms with E-state index in [4.69, 9.17) is 4.74 Å². The Labute approximate surface area is 126 Å². The molecule has 0 saturated heterocycles. The fraction of sp³-hybridized carbons (Fsp3) is 0.500. The maximum Gasteiger partial charge on any atom is 0.319 e. The zero-order valence-corrected chi connectivity index (χ0v) is 13.2. The highest BCUT2D eigenvalue weighted by Gasteiger charge is 2.18. The molecule has 0 radical (unpaired) electrons. The maximum atomic E-state index is 11.9. The second-order valence-electron chi connectivity index (χ2n) is 5.85. The van der Waals surface area contributed by atoms with Crippen molar-refractivity contribution in [1.29, 1.82) is 0 Å². The minimum absolute atomic E-state index is 0.0280. The molecule has 1 rings (SSSR count). The number of amides is 2. The SMILES string of the molecule is COCCC(C)(C)CNC(=O)Nc1cccc(C(C)=O)c1. The molecular weight excluding hydrogens is 268 g/mol. The molecule has 116 valence electrons. The Kier molecular flexibility index (Phi) is 6.37. The van der Waals surface area contributed by atoms with E-state index in [0.717, 1.165) is 6.42 Å². The van der Waals surface area contributed by atoms with Gasteiger partial charge in [0.25, 0.3) is 0 Å². The Morgan fingerprint density at radius 3 is 2.62 bits per heavy atom. The van der Waals surface area contributed by atoms with E-state index in [-0.39, 0.29) is 17.2 Å². The zero-order chi connectivity index (χ0) is 15.9. The molecule has 1 aromatic rings. The van der Waals surface area contributed by atoms with E-state index >= 15 is 0 Å². The Bertz CT molecular complexity index is 498. The van der Waals surface area contributed by atoms with Crippen molar-refractivity contribution in [3.05, 3.63) is 29.8 Å². The summed E-state index contributed by atoms with van der Waals surface area (Å²) in [6, 6.07) is 6.61. The lowest BCUT2D eigenvalue weighted by Gasteiger charge is -2.24. The summed E-state index contributed by atoms with van der Waals surface area (Å²) in [6.45, 7) is 6.86. The molecule has 0 aliphatic rings. The second-order valence-corrected chi connectivity index (χ2v) is 5.85. The summed E-state index contributed by atoms with van der Waals surface area (Å²) in [5, 5.41) is 5.57. The molecular formula is C16H24N2O3. The molecule has 1 aromatic carbocycles. The standard InChI is InChI=1S/C16H24N2O3/c1-12(19)13-6-5-7-14(10-13)18-15(20)17-11-16(2,3)8-9-21-4/h5-7,10H,8-9,11H2,1-4H3,(H2,17,18,20). The van der Waals surface area contributed by atoms with Gasteiger partial charge < -0.3 is 15.4 Å². The zero-order valence-electron chi connectivity index (χ0n) is 13.2. The van der Waals surface area contributed by atoms with Crippen molar-refractivity contribution < 1.29 is 14.3 Å². The molecule has 0 saturated carbocycles. The van der Waals surface area contributed by atoms with Gasteiger partial charge in [-0.05, 0) is 30.9 Å². The number of rotatable bonds is 7. The summed E-state index contributed by atoms with van der Waals surface area (Å²) in [5.41, 5.74) is 1.15. The van der Waals surface area contributed by atoms with Gasteiger partial charge in [-0.2, -0.15) is 0 Å². The third kappa shape index (κ3) is 6.40. The van der Waals surface area contributed by atoms with Gasteiger partial charge in [0.2, 0.25) is 0 Å². The molecule has 5 nitrogen and oxygen atoms in total. The lowest BCUT2D eigenvalue weighted by Crippen LogP contribution is -2.37. The number of urea groups is 1. The number of ketones is 1. The number of methoxy groups -OCH3 is 1. The van der Waals surface area contributed by atoms with E-state index in [1.165, 1.54) is 6.92 Å². The normalized spacial score (nSPS) is 11.0. The van der Waals surface area contributed by atoms with Crippen LogP contribution in [0.4, 0.5) is 10.5 Å². The molecule has 2 N–H and O–H groups in total. The summed E-state index contributed by atoms with van der Waals surface area (Å²) in [6.07, 6.45) is 0.865. The average Bonchev–Trinajstić information content (AvgIpc) is 2.43. The minimum atomic E-state index is -0.277. The first-order chi connectivity index (χ1) is 9.84. The van der Waals surface area contributed by atoms with E-state index in [1.807, 2.05) is 0 Å². The van der Waals surface area contributed by atoms with Crippen LogP contribution < -0.4 is 10.6 Å². The molecule has 0 unspecified atom stereocenters. The monoisotopic (exact) mass is 292 g/mol. The first-order valence-electron chi connectivity index (χ1n) is 6.99. The first kappa shape index (κ1) is 17.2. The van der Waals surface area contributed by atoms with Gasteiger partial charge in [-0.25, -0.2) is 4.79 Å². The van der Waals surface area contributed by atoms with Gasteiger partial charge in [0.05, 0.1) is 0 Å². The molecule has 0 bridgehead atoms. The Hall–Kier alpha value is -1.88. The number of anilines is 1. The van der Waals surface area contributed by atoms with Crippen molar-refractivity contribution in [2.24, 2.45) is 5.41 Å². The fourth-order valence-electron chi connectivity index (χ4n) is 1.78. The van der Waals surface area contributed by atoms with Crippen molar-refractivity contribution in [2.75, 3.05) is 25.6 Å². The average molecular weight is 292 g/mol. The highest BCUT2D eigenvalue weighted by atomic mass is 16.5. The van der Waals surface area contributed by atoms with Crippen molar-refractivity contribution in [3.8, 4) is 0 Å². The molecule has 2 amide bonds. The summed E-state index contributed by atoms with van der Waals surface area (Å²) >= 11 is 0. The van der Waals surface area contributed by atoms with Gasteiger partial charge in [-0.15, -0.1) is 0 Å². The van der Waals surface area contributed by atoms with Gasteiger partial charge in [0.1, 0.15) is 0 Å². The number of carbonyl (C=O) groups excluding carboxylic acids is 2. The Morgan fingerprint density at radius 1 is 1.29 bits per heavy atom. The van der Waals surface area contributed by atoms with Crippen LogP contribution in [-0.4, -0.2) is 32.1 Å². The van der Waals surface area contributed by atoms with Gasteiger partial charge in [-0.3, -0.25) is 4.79 Å². The van der Waals surface area contributed by atoms with Crippen LogP contribution in [0.1, 0.15) is 37.6 Å². The van der Waals surface area contributed by atoms with Crippen molar-refractivity contribution in [3.63, 3.8) is 0 Å². The molecule has 0 heterocycles. The second kappa shape index (κ2) is 7.78. The smallest absolute Gasteiger partial charge is 0.319 e. The summed E-state index contributed by atoms with van der Waals surface area (Å²) in [5.74, 6) is -0.0280. The van der Waals surface area contributed by atoms with Crippen LogP contribution in [0.5, 0.6) is 0 Å². The third-order valence-electron chi connectivity index (χ3n) is 3.24. The molecule has 5 heteroatoms. The molecule has 0 spiro atoms. The number of nitrogens with one attached hydrogen (secondary N) is 2. The molecule has 21 heavy (non-hydrogen) atoms. The molecule has 0 aromatic heterocycles. The van der Waals surface area contributed by atoms with Crippen LogP contribution in [0, 0.1) is 5.41 Å². The molecule has 0 fully saturated rings. The summed E-state index contributed by atoms with van der Waals surface area (Å²) < 4.78 is 5.06. The first-order valence-corrected chi connectivity index (χ1v) is 6.99. The van der Waals surface area contributed by atoms with Gasteiger partial charge >= 0.3 is 6.03 Å². The molecule has 0 atom stereocenters. The summed E-state index contributed by atoms with van der Waals surface area (Å²) in [7, 11) is 1.66. The minimum Gasteiger partial charge on any atom is -0.385 e. The lowest BCUT2D eigenvalue weighted by atomic mass is 9.90. The van der Waals surface area contributed by atoms with E-state index in [0.29, 0.717) is 24.4 Å². The number of hydrogen-bond acceptors (Lipinski definition) is 3. The quantitative estimate of drug-likeness (QED) is 0.759. The van der Waals surface area contributed by atoms with E-state index in [9.17, 15) is 9.59 Å². The predicted molar refractivity (Wildman–Crippen MR) is 83.7 cm³/mol. The number of Topliss-reactive ketones (excluding diaryl/α,β-unsaturated/α-hetero) is 1. The Morgan fingerprint density at radius 2 is 2.00 bits per heavy atom. The number of benzene rings is 1. The van der Waals surface area contributed by atoms with Crippen molar-refractivity contribution >= 4 is 17.5 Å². The van der Waals surface area contributed by atoms with E-state index in [2.05, 4.69) is 24.5 Å². The van der Waals surface area contributed by atoms with Crippen LogP contribution in [0.2, 0.25) is 0 Å². The van der Waals surface area contributed by atoms with Gasteiger partial charge in [0.15, 0.2) is 5.78 Å². The van der Waals surface area contributed by atoms with E-state index in [1.54, 1.807) is 31.4 Å². The van der Waals surface area contributed by atoms with Crippen LogP contribution in [0.3, 0.4) is 0 Å². The third-order valence-corrected chi connectivity index (χ3v) is 3.24. The molecule has 0 aliphatic carbocycles. The van der Waals surface area contributed by atoms with Crippen LogP contribution in [0.15, 0.2) is 24.3 Å². The van der Waals surface area contributed by atoms with Crippen molar-refractivity contribution in [1.82, 2.24) is 5.32 Å². The number of ether oxygens (including phenoxy) is 1. The molecule has 0 aliphatic heterocycles. The van der Waals surface area contributed by atoms with Crippen LogP contribution in [-0.2, 0) is 4.74 Å². The van der Waals surface area contributed by atoms with Gasteiger partial charge in [-0.1, -0.05) is 26.0 Å². The highest BCUT2D eigenvalue weighted by Crippen LogP contribution is 2.18. The van der Waals surface area contributed by atoms with Crippen LogP contribution >= 0.6 is 0 Å².